The first-order chi connectivity index (χ1) is 12.7. The van der Waals surface area contributed by atoms with Crippen LogP contribution in [0.3, 0.4) is 0 Å². The van der Waals surface area contributed by atoms with Crippen LogP contribution in [-0.4, -0.2) is 43.2 Å². The molecule has 3 heterocycles. The summed E-state index contributed by atoms with van der Waals surface area (Å²) < 4.78 is 5.01. The second-order valence-corrected chi connectivity index (χ2v) is 8.39. The van der Waals surface area contributed by atoms with Crippen molar-refractivity contribution in [1.82, 2.24) is 4.90 Å². The number of fused-ring (bicyclic) bond motifs is 5. The minimum atomic E-state index is -0.0417. The molecular weight excluding hydrogens is 324 g/mol. The third kappa shape index (κ3) is 3.24. The number of hydrogen-bond acceptors (Lipinski definition) is 4. The Morgan fingerprint density at radius 3 is 2.96 bits per heavy atom. The number of ether oxygens (including phenoxy) is 1. The maximum Gasteiger partial charge on any atom is 0.305 e. The predicted molar refractivity (Wildman–Crippen MR) is 104 cm³/mol. The minimum absolute atomic E-state index is 0.0417. The van der Waals surface area contributed by atoms with Crippen LogP contribution in [0.4, 0.5) is 5.69 Å². The molecule has 4 rings (SSSR count). The first kappa shape index (κ1) is 17.8. The van der Waals surface area contributed by atoms with Crippen LogP contribution in [0.15, 0.2) is 24.3 Å². The smallest absolute Gasteiger partial charge is 0.305 e. The lowest BCUT2D eigenvalue weighted by Crippen LogP contribution is -2.58. The van der Waals surface area contributed by atoms with E-state index in [0.29, 0.717) is 36.3 Å². The topological polar surface area (TPSA) is 41.6 Å². The quantitative estimate of drug-likeness (QED) is 0.809. The summed E-state index contributed by atoms with van der Waals surface area (Å²) in [5, 5.41) is 3.82. The molecule has 0 spiro atoms. The molecule has 3 aliphatic rings. The molecule has 0 amide bonds. The molecule has 0 radical (unpaired) electrons. The second-order valence-electron chi connectivity index (χ2n) is 8.39. The zero-order valence-electron chi connectivity index (χ0n) is 16.1. The lowest BCUT2D eigenvalue weighted by atomic mass is 9.71. The Morgan fingerprint density at radius 2 is 2.15 bits per heavy atom. The fourth-order valence-corrected chi connectivity index (χ4v) is 5.64. The van der Waals surface area contributed by atoms with Gasteiger partial charge >= 0.3 is 5.97 Å². The van der Waals surface area contributed by atoms with Gasteiger partial charge in [-0.1, -0.05) is 38.0 Å². The third-order valence-electron chi connectivity index (χ3n) is 6.99. The van der Waals surface area contributed by atoms with Crippen molar-refractivity contribution in [3.63, 3.8) is 0 Å². The Bertz CT molecular complexity index is 647. The van der Waals surface area contributed by atoms with Crippen molar-refractivity contribution in [2.75, 3.05) is 25.5 Å². The van der Waals surface area contributed by atoms with Crippen molar-refractivity contribution in [2.24, 2.45) is 11.8 Å². The van der Waals surface area contributed by atoms with E-state index in [9.17, 15) is 4.79 Å². The summed E-state index contributed by atoms with van der Waals surface area (Å²) in [6.07, 6.45) is 6.67. The molecule has 1 aromatic carbocycles. The van der Waals surface area contributed by atoms with Gasteiger partial charge in [0.25, 0.3) is 0 Å². The number of anilines is 1. The van der Waals surface area contributed by atoms with E-state index in [1.165, 1.54) is 50.6 Å². The summed E-state index contributed by atoms with van der Waals surface area (Å²) in [6, 6.07) is 9.83. The molecule has 0 saturated carbocycles. The highest BCUT2D eigenvalue weighted by Gasteiger charge is 2.47. The highest BCUT2D eigenvalue weighted by Crippen LogP contribution is 2.47. The van der Waals surface area contributed by atoms with Crippen molar-refractivity contribution in [2.45, 2.75) is 63.5 Å². The van der Waals surface area contributed by atoms with E-state index in [0.717, 1.165) is 13.0 Å². The number of piperidine rings is 2. The van der Waals surface area contributed by atoms with E-state index in [4.69, 9.17) is 4.74 Å². The molecule has 0 aromatic heterocycles. The van der Waals surface area contributed by atoms with Gasteiger partial charge in [-0.2, -0.15) is 0 Å². The standard InChI is InChI=1S/C22H32N2O2/c1-3-4-7-15-14-24-11-10-18-17-8-5-6-9-19(17)23-22(18)20(24)12-16(15)13-21(25)26-2/h5-6,8-9,15-16,18,20,22-23H,3-4,7,10-14H2,1-2H3/t15-,16+,18?,20-,22?/m0/s1. The zero-order chi connectivity index (χ0) is 18.1. The van der Waals surface area contributed by atoms with E-state index >= 15 is 0 Å². The molecule has 0 bridgehead atoms. The molecule has 3 aliphatic heterocycles. The minimum Gasteiger partial charge on any atom is -0.469 e. The summed E-state index contributed by atoms with van der Waals surface area (Å²) in [7, 11) is 1.52. The number of para-hydroxylation sites is 1. The Hall–Kier alpha value is -1.55. The number of carbonyl (C=O) groups is 1. The van der Waals surface area contributed by atoms with Crippen molar-refractivity contribution >= 4 is 11.7 Å². The van der Waals surface area contributed by atoms with E-state index < -0.39 is 0 Å². The number of rotatable bonds is 5. The summed E-state index contributed by atoms with van der Waals surface area (Å²) >= 11 is 0. The largest absolute Gasteiger partial charge is 0.469 e. The van der Waals surface area contributed by atoms with Crippen molar-refractivity contribution in [3.8, 4) is 0 Å². The third-order valence-corrected chi connectivity index (χ3v) is 6.99. The average molecular weight is 357 g/mol. The normalized spacial score (nSPS) is 32.9. The van der Waals surface area contributed by atoms with Crippen LogP contribution in [-0.2, 0) is 9.53 Å². The van der Waals surface area contributed by atoms with E-state index in [1.54, 1.807) is 0 Å². The molecule has 2 unspecified atom stereocenters. The van der Waals surface area contributed by atoms with Gasteiger partial charge in [-0.05, 0) is 49.3 Å². The first-order valence-corrected chi connectivity index (χ1v) is 10.4. The lowest BCUT2D eigenvalue weighted by molar-refractivity contribution is -0.143. The van der Waals surface area contributed by atoms with Crippen LogP contribution in [0.25, 0.3) is 0 Å². The predicted octanol–water partition coefficient (Wildman–Crippen LogP) is 4.03. The van der Waals surface area contributed by atoms with Crippen LogP contribution >= 0.6 is 0 Å². The monoisotopic (exact) mass is 356 g/mol. The Morgan fingerprint density at radius 1 is 1.31 bits per heavy atom. The molecule has 4 nitrogen and oxygen atoms in total. The van der Waals surface area contributed by atoms with Crippen LogP contribution in [0.1, 0.15) is 56.9 Å². The summed E-state index contributed by atoms with van der Waals surface area (Å²) in [5.41, 5.74) is 2.82. The van der Waals surface area contributed by atoms with E-state index in [-0.39, 0.29) is 5.97 Å². The molecule has 2 saturated heterocycles. The number of benzene rings is 1. The van der Waals surface area contributed by atoms with Gasteiger partial charge in [0, 0.05) is 36.7 Å². The number of carbonyl (C=O) groups excluding carboxylic acids is 1. The van der Waals surface area contributed by atoms with Gasteiger partial charge in [-0.3, -0.25) is 9.69 Å². The second kappa shape index (κ2) is 7.59. The molecule has 0 aliphatic carbocycles. The summed E-state index contributed by atoms with van der Waals surface area (Å²) in [5.74, 6) is 1.67. The van der Waals surface area contributed by atoms with Gasteiger partial charge in [0.05, 0.1) is 7.11 Å². The van der Waals surface area contributed by atoms with Gasteiger partial charge in [0.15, 0.2) is 0 Å². The number of methoxy groups -OCH3 is 1. The maximum absolute atomic E-state index is 12.0. The zero-order valence-corrected chi connectivity index (χ0v) is 16.1. The SMILES string of the molecule is CCCC[C@H]1CN2CCC3c4ccccc4NC3[C@@H]2C[C@@H]1CC(=O)OC. The number of esters is 1. The average Bonchev–Trinajstić information content (AvgIpc) is 3.05. The number of nitrogens with zero attached hydrogens (tertiary/aromatic N) is 1. The van der Waals surface area contributed by atoms with Gasteiger partial charge in [0.2, 0.25) is 0 Å². The van der Waals surface area contributed by atoms with Gasteiger partial charge in [-0.25, -0.2) is 0 Å². The van der Waals surface area contributed by atoms with Gasteiger partial charge in [0.1, 0.15) is 0 Å². The Balaban J connectivity index is 1.52. The number of unbranched alkanes of at least 4 members (excludes halogenated alkanes) is 1. The number of hydrogen-bond donors (Lipinski definition) is 1. The van der Waals surface area contributed by atoms with E-state index in [1.807, 2.05) is 0 Å². The first-order valence-electron chi connectivity index (χ1n) is 10.4. The molecule has 5 atom stereocenters. The molecule has 142 valence electrons. The molecule has 26 heavy (non-hydrogen) atoms. The Labute approximate surface area is 157 Å². The van der Waals surface area contributed by atoms with Gasteiger partial charge in [-0.15, -0.1) is 0 Å². The van der Waals surface area contributed by atoms with Crippen LogP contribution in [0, 0.1) is 11.8 Å². The number of nitrogens with one attached hydrogen (secondary N) is 1. The highest BCUT2D eigenvalue weighted by molar-refractivity contribution is 5.69. The molecule has 1 N–H and O–H groups in total. The fourth-order valence-electron chi connectivity index (χ4n) is 5.64. The van der Waals surface area contributed by atoms with Crippen LogP contribution in [0.2, 0.25) is 0 Å². The summed E-state index contributed by atoms with van der Waals surface area (Å²) in [6.45, 7) is 4.59. The van der Waals surface area contributed by atoms with E-state index in [2.05, 4.69) is 41.4 Å². The summed E-state index contributed by atoms with van der Waals surface area (Å²) in [4.78, 5) is 14.7. The van der Waals surface area contributed by atoms with Crippen molar-refractivity contribution in [3.05, 3.63) is 29.8 Å². The maximum atomic E-state index is 12.0. The lowest BCUT2D eigenvalue weighted by Gasteiger charge is -2.50. The van der Waals surface area contributed by atoms with Gasteiger partial charge < -0.3 is 10.1 Å². The fraction of sp³-hybridized carbons (Fsp3) is 0.682. The molecule has 1 aromatic rings. The van der Waals surface area contributed by atoms with Crippen LogP contribution < -0.4 is 5.32 Å². The van der Waals surface area contributed by atoms with Crippen molar-refractivity contribution in [1.29, 1.82) is 0 Å². The van der Waals surface area contributed by atoms with Crippen molar-refractivity contribution < 1.29 is 9.53 Å². The molecular formula is C22H32N2O2. The highest BCUT2D eigenvalue weighted by atomic mass is 16.5. The van der Waals surface area contributed by atoms with Crippen LogP contribution in [0.5, 0.6) is 0 Å². The molecule has 2 fully saturated rings. The Kier molecular flexibility index (Phi) is 5.21. The molecule has 4 heteroatoms.